The highest BCUT2D eigenvalue weighted by molar-refractivity contribution is 5.75. The van der Waals surface area contributed by atoms with E-state index in [-0.39, 0.29) is 12.5 Å². The number of piperazine rings is 1. The molecule has 1 fully saturated rings. The van der Waals surface area contributed by atoms with Crippen LogP contribution in [0.3, 0.4) is 0 Å². The minimum atomic E-state index is -0.391. The second kappa shape index (κ2) is 10.1. The van der Waals surface area contributed by atoms with Crippen molar-refractivity contribution in [2.75, 3.05) is 43.1 Å². The summed E-state index contributed by atoms with van der Waals surface area (Å²) in [5.74, 6) is 1.32. The number of benzene rings is 2. The Kier molecular flexibility index (Phi) is 6.57. The molecule has 0 bridgehead atoms. The van der Waals surface area contributed by atoms with Gasteiger partial charge >= 0.3 is 5.69 Å². The number of nitrogens with one attached hydrogen (secondary N) is 1. The zero-order chi connectivity index (χ0) is 25.1. The van der Waals surface area contributed by atoms with E-state index in [4.69, 9.17) is 4.74 Å². The third-order valence-corrected chi connectivity index (χ3v) is 6.39. The van der Waals surface area contributed by atoms with E-state index in [2.05, 4.69) is 31.3 Å². The number of fused-ring (bicyclic) bond motifs is 1. The van der Waals surface area contributed by atoms with Crippen molar-refractivity contribution in [2.45, 2.75) is 20.0 Å². The van der Waals surface area contributed by atoms with Crippen LogP contribution in [0.1, 0.15) is 11.1 Å². The molecular formula is C26H29N7O3. The van der Waals surface area contributed by atoms with Crippen molar-refractivity contribution in [1.82, 2.24) is 24.5 Å². The van der Waals surface area contributed by atoms with Gasteiger partial charge in [0.15, 0.2) is 5.65 Å². The van der Waals surface area contributed by atoms with Gasteiger partial charge in [-0.15, -0.1) is 5.10 Å². The van der Waals surface area contributed by atoms with Crippen molar-refractivity contribution >= 4 is 23.1 Å². The van der Waals surface area contributed by atoms with Crippen molar-refractivity contribution in [1.29, 1.82) is 0 Å². The number of hydrogen-bond acceptors (Lipinski definition) is 7. The molecule has 2 aromatic carbocycles. The topological polar surface area (TPSA) is 97.0 Å². The molecule has 3 heterocycles. The van der Waals surface area contributed by atoms with Gasteiger partial charge in [-0.1, -0.05) is 35.9 Å². The number of aromatic nitrogens is 4. The molecule has 0 atom stereocenters. The maximum Gasteiger partial charge on any atom is 0.352 e. The lowest BCUT2D eigenvalue weighted by atomic mass is 10.1. The number of aryl methyl sites for hydroxylation is 1. The summed E-state index contributed by atoms with van der Waals surface area (Å²) in [5, 5.41) is 7.21. The molecule has 1 aliphatic heterocycles. The first-order valence-electron chi connectivity index (χ1n) is 11.9. The smallest absolute Gasteiger partial charge is 0.352 e. The van der Waals surface area contributed by atoms with Gasteiger partial charge < -0.3 is 19.9 Å². The summed E-state index contributed by atoms with van der Waals surface area (Å²) in [7, 11) is 1.67. The highest BCUT2D eigenvalue weighted by atomic mass is 16.5. The summed E-state index contributed by atoms with van der Waals surface area (Å²) in [6.45, 7) is 5.50. The van der Waals surface area contributed by atoms with Crippen LogP contribution < -0.4 is 25.5 Å². The molecule has 0 radical (unpaired) electrons. The zero-order valence-corrected chi connectivity index (χ0v) is 20.4. The third-order valence-electron chi connectivity index (χ3n) is 6.39. The summed E-state index contributed by atoms with van der Waals surface area (Å²) in [4.78, 5) is 34.1. The summed E-state index contributed by atoms with van der Waals surface area (Å²) in [6.07, 6.45) is 1.48. The molecule has 0 unspecified atom stereocenters. The maximum atomic E-state index is 12.7. The highest BCUT2D eigenvalue weighted by Crippen LogP contribution is 2.23. The predicted octanol–water partition coefficient (Wildman–Crippen LogP) is 1.85. The van der Waals surface area contributed by atoms with Gasteiger partial charge in [-0.2, -0.15) is 0 Å². The van der Waals surface area contributed by atoms with Crippen LogP contribution in [0.4, 0.5) is 11.5 Å². The molecule has 0 saturated carbocycles. The molecule has 1 saturated heterocycles. The number of ether oxygens (including phenoxy) is 1. The highest BCUT2D eigenvalue weighted by Gasteiger charge is 2.20. The molecule has 0 aliphatic carbocycles. The Balaban J connectivity index is 1.23. The van der Waals surface area contributed by atoms with Crippen molar-refractivity contribution < 1.29 is 9.53 Å². The van der Waals surface area contributed by atoms with E-state index in [1.54, 1.807) is 13.2 Å². The monoisotopic (exact) mass is 487 g/mol. The number of carbonyl (C=O) groups is 1. The van der Waals surface area contributed by atoms with Gasteiger partial charge in [-0.05, 0) is 24.6 Å². The Morgan fingerprint density at radius 1 is 1.03 bits per heavy atom. The summed E-state index contributed by atoms with van der Waals surface area (Å²) >= 11 is 0. The van der Waals surface area contributed by atoms with Crippen molar-refractivity contribution in [3.63, 3.8) is 0 Å². The minimum absolute atomic E-state index is 0.152. The van der Waals surface area contributed by atoms with E-state index in [1.807, 2.05) is 49.4 Å². The van der Waals surface area contributed by atoms with Crippen LogP contribution in [0.5, 0.6) is 5.75 Å². The van der Waals surface area contributed by atoms with E-state index < -0.39 is 5.69 Å². The Bertz CT molecular complexity index is 1420. The summed E-state index contributed by atoms with van der Waals surface area (Å²) < 4.78 is 7.88. The van der Waals surface area contributed by atoms with Gasteiger partial charge in [0.05, 0.1) is 7.11 Å². The largest absolute Gasteiger partial charge is 0.497 e. The molecule has 4 aromatic rings. The van der Waals surface area contributed by atoms with Gasteiger partial charge in [0.25, 0.3) is 0 Å². The number of rotatable bonds is 7. The second-order valence-corrected chi connectivity index (χ2v) is 8.85. The number of anilines is 2. The molecule has 2 aromatic heterocycles. The molecule has 1 aliphatic rings. The van der Waals surface area contributed by atoms with Gasteiger partial charge in [0.1, 0.15) is 24.4 Å². The fourth-order valence-electron chi connectivity index (χ4n) is 4.29. The summed E-state index contributed by atoms with van der Waals surface area (Å²) in [5.41, 5.74) is 3.36. The molecule has 1 N–H and O–H groups in total. The summed E-state index contributed by atoms with van der Waals surface area (Å²) in [6, 6.07) is 17.8. The fraction of sp³-hybridized carbons (Fsp3) is 0.308. The number of nitrogens with zero attached hydrogens (tertiary/aromatic N) is 6. The van der Waals surface area contributed by atoms with Crippen LogP contribution in [0.25, 0.3) is 5.65 Å². The molecule has 186 valence electrons. The van der Waals surface area contributed by atoms with Crippen LogP contribution >= 0.6 is 0 Å². The Hall–Kier alpha value is -4.34. The first-order chi connectivity index (χ1) is 17.5. The first-order valence-corrected chi connectivity index (χ1v) is 11.9. The van der Waals surface area contributed by atoms with Crippen LogP contribution in [-0.4, -0.2) is 58.4 Å². The van der Waals surface area contributed by atoms with Crippen molar-refractivity contribution in [3.05, 3.63) is 82.5 Å². The SMILES string of the molecule is COc1cccc(N2CCN(c3cc4nn(CC(=O)NCc5ccc(C)cc5)c(=O)n4cn3)CC2)c1. The second-order valence-electron chi connectivity index (χ2n) is 8.85. The maximum absolute atomic E-state index is 12.7. The molecule has 5 rings (SSSR count). The van der Waals surface area contributed by atoms with E-state index in [0.717, 1.165) is 54.6 Å². The molecule has 0 spiro atoms. The van der Waals surface area contributed by atoms with Gasteiger partial charge in [-0.3, -0.25) is 4.79 Å². The molecule has 10 heteroatoms. The lowest BCUT2D eigenvalue weighted by Crippen LogP contribution is -2.46. The number of hydrogen-bond donors (Lipinski definition) is 1. The zero-order valence-electron chi connectivity index (χ0n) is 20.4. The number of carbonyl (C=O) groups excluding carboxylic acids is 1. The molecule has 36 heavy (non-hydrogen) atoms. The van der Waals surface area contributed by atoms with E-state index in [9.17, 15) is 9.59 Å². The lowest BCUT2D eigenvalue weighted by molar-refractivity contribution is -0.122. The van der Waals surface area contributed by atoms with E-state index >= 15 is 0 Å². The van der Waals surface area contributed by atoms with Crippen molar-refractivity contribution in [3.8, 4) is 5.75 Å². The molecule has 10 nitrogen and oxygen atoms in total. The van der Waals surface area contributed by atoms with Gasteiger partial charge in [-0.25, -0.2) is 18.9 Å². The Morgan fingerprint density at radius 3 is 2.53 bits per heavy atom. The number of methoxy groups -OCH3 is 1. The standard InChI is InChI=1S/C26H29N7O3/c1-19-6-8-20(9-7-19)16-27-25(34)17-33-26(35)32-18-28-23(15-24(32)29-33)31-12-10-30(11-13-31)21-4-3-5-22(14-21)36-2/h3-9,14-15,18H,10-13,16-17H2,1-2H3,(H,27,34). The predicted molar refractivity (Wildman–Crippen MR) is 138 cm³/mol. The third kappa shape index (κ3) is 5.02. The van der Waals surface area contributed by atoms with E-state index in [0.29, 0.717) is 12.2 Å². The van der Waals surface area contributed by atoms with Crippen LogP contribution in [0, 0.1) is 6.92 Å². The Labute approximate surface area is 208 Å². The fourth-order valence-corrected chi connectivity index (χ4v) is 4.29. The van der Waals surface area contributed by atoms with Gasteiger partial charge in [0.2, 0.25) is 5.91 Å². The van der Waals surface area contributed by atoms with Crippen LogP contribution in [0.2, 0.25) is 0 Å². The molecule has 1 amide bonds. The molecular weight excluding hydrogens is 458 g/mol. The van der Waals surface area contributed by atoms with Gasteiger partial charge in [0, 0.05) is 50.5 Å². The average Bonchev–Trinajstić information content (AvgIpc) is 3.22. The normalized spacial score (nSPS) is 13.7. The first kappa shape index (κ1) is 23.4. The average molecular weight is 488 g/mol. The van der Waals surface area contributed by atoms with Crippen LogP contribution in [0.15, 0.2) is 65.7 Å². The Morgan fingerprint density at radius 2 is 1.78 bits per heavy atom. The number of amides is 1. The van der Waals surface area contributed by atoms with E-state index in [1.165, 1.54) is 15.4 Å². The lowest BCUT2D eigenvalue weighted by Gasteiger charge is -2.36. The minimum Gasteiger partial charge on any atom is -0.497 e. The van der Waals surface area contributed by atoms with Crippen molar-refractivity contribution in [2.24, 2.45) is 0 Å². The quantitative estimate of drug-likeness (QED) is 0.425. The van der Waals surface area contributed by atoms with Crippen LogP contribution in [-0.2, 0) is 17.9 Å².